The van der Waals surface area contributed by atoms with Crippen LogP contribution in [-0.2, 0) is 78.5 Å². The molecular weight excluding hydrogens is 789 g/mol. The van der Waals surface area contributed by atoms with Gasteiger partial charge in [0.1, 0.15) is 48.8 Å². The van der Waals surface area contributed by atoms with Gasteiger partial charge in [0.2, 0.25) is 0 Å². The minimum Gasteiger partial charge on any atom is -0.374 e. The third-order valence-electron chi connectivity index (χ3n) is 11.1. The predicted octanol–water partition coefficient (Wildman–Crippen LogP) is 8.13. The number of benzene rings is 5. The van der Waals surface area contributed by atoms with E-state index >= 15 is 0 Å². The van der Waals surface area contributed by atoms with Crippen LogP contribution in [0.1, 0.15) is 34.1 Å². The highest BCUT2D eigenvalue weighted by atomic mass is 16.8. The SMILES string of the molecule is C=CCO[C@@H]1[C@H](O[C@H]2[C@H](OCc3ccccc3)[C@@H](OCc3ccccc3)[C@@H](OC)O[C@@H]2COCc2ccccc2)O[C@@H]2CO[C@@H](c3ccccc3)O[C@H]2[C@@H]1OCc1ccccc1. The molecule has 11 heteroatoms. The van der Waals surface area contributed by atoms with E-state index in [2.05, 4.69) is 6.58 Å². The van der Waals surface area contributed by atoms with Gasteiger partial charge in [0.15, 0.2) is 18.9 Å². The zero-order valence-corrected chi connectivity index (χ0v) is 35.0. The van der Waals surface area contributed by atoms with Crippen LogP contribution in [0.3, 0.4) is 0 Å². The molecular formula is C51H56O11. The number of fused-ring (bicyclic) bond motifs is 1. The second-order valence-electron chi connectivity index (χ2n) is 15.5. The molecule has 0 bridgehead atoms. The summed E-state index contributed by atoms with van der Waals surface area (Å²) in [7, 11) is 1.60. The first-order valence-corrected chi connectivity index (χ1v) is 21.3. The third kappa shape index (κ3) is 11.5. The number of ether oxygens (including phenoxy) is 11. The molecule has 5 aromatic carbocycles. The molecule has 0 aliphatic carbocycles. The third-order valence-corrected chi connectivity index (χ3v) is 11.1. The summed E-state index contributed by atoms with van der Waals surface area (Å²) >= 11 is 0. The van der Waals surface area contributed by atoms with Crippen molar-refractivity contribution in [2.24, 2.45) is 0 Å². The highest BCUT2D eigenvalue weighted by molar-refractivity contribution is 5.18. The molecule has 62 heavy (non-hydrogen) atoms. The summed E-state index contributed by atoms with van der Waals surface area (Å²) < 4.78 is 73.4. The number of hydrogen-bond acceptors (Lipinski definition) is 11. The standard InChI is InChI=1S/C51H56O11/c1-3-29-54-48-46(56-32-38-23-13-6-14-24-38)44-42(35-58-49(61-44)40-27-17-8-18-28-40)60-51(48)62-43-41(34-53-30-36-19-9-4-10-20-36)59-50(52-2)47(57-33-39-25-15-7-16-26-39)45(43)55-31-37-21-11-5-12-22-37/h3-28,41-51H,1,29-35H2,2H3/t41-,42-,43-,44-,45+,46+,47-,48+,49-,50+,51+/m1/s1. The number of hydrogen-bond donors (Lipinski definition) is 0. The van der Waals surface area contributed by atoms with E-state index in [1.54, 1.807) is 13.2 Å². The van der Waals surface area contributed by atoms with Gasteiger partial charge in [-0.3, -0.25) is 0 Å². The lowest BCUT2D eigenvalue weighted by Crippen LogP contribution is -2.67. The van der Waals surface area contributed by atoms with Crippen molar-refractivity contribution < 1.29 is 52.1 Å². The van der Waals surface area contributed by atoms with E-state index in [1.165, 1.54) is 0 Å². The quantitative estimate of drug-likeness (QED) is 0.0711. The molecule has 5 aromatic rings. The average molecular weight is 845 g/mol. The first kappa shape index (κ1) is 44.0. The fourth-order valence-electron chi connectivity index (χ4n) is 8.04. The first-order chi connectivity index (χ1) is 30.7. The van der Waals surface area contributed by atoms with Crippen molar-refractivity contribution in [3.8, 4) is 0 Å². The Morgan fingerprint density at radius 1 is 0.532 bits per heavy atom. The fourth-order valence-corrected chi connectivity index (χ4v) is 8.04. The minimum atomic E-state index is -1.01. The average Bonchev–Trinajstić information content (AvgIpc) is 3.33. The van der Waals surface area contributed by atoms with Crippen LogP contribution in [0.25, 0.3) is 0 Å². The second-order valence-corrected chi connectivity index (χ2v) is 15.5. The van der Waals surface area contributed by atoms with E-state index in [4.69, 9.17) is 52.1 Å². The molecule has 0 amide bonds. The molecule has 11 nitrogen and oxygen atoms in total. The summed E-state index contributed by atoms with van der Waals surface area (Å²) in [6.45, 7) is 5.72. The van der Waals surface area contributed by atoms with E-state index in [1.807, 2.05) is 152 Å². The summed E-state index contributed by atoms with van der Waals surface area (Å²) in [5.74, 6) is 0. The molecule has 3 aliphatic heterocycles. The summed E-state index contributed by atoms with van der Waals surface area (Å²) in [6, 6.07) is 49.8. The Morgan fingerprint density at radius 3 is 1.58 bits per heavy atom. The Bertz CT molecular complexity index is 2030. The van der Waals surface area contributed by atoms with Gasteiger partial charge in [-0.25, -0.2) is 0 Å². The van der Waals surface area contributed by atoms with Crippen LogP contribution < -0.4 is 0 Å². The Morgan fingerprint density at radius 2 is 1.03 bits per heavy atom. The van der Waals surface area contributed by atoms with Crippen LogP contribution in [0.15, 0.2) is 164 Å². The van der Waals surface area contributed by atoms with Crippen LogP contribution in [-0.4, -0.2) is 88.3 Å². The van der Waals surface area contributed by atoms with E-state index in [9.17, 15) is 0 Å². The molecule has 3 heterocycles. The maximum absolute atomic E-state index is 7.24. The van der Waals surface area contributed by atoms with Crippen LogP contribution in [0.2, 0.25) is 0 Å². The van der Waals surface area contributed by atoms with Gasteiger partial charge in [-0.05, 0) is 22.3 Å². The molecule has 0 spiro atoms. The normalized spacial score (nSPS) is 28.5. The monoisotopic (exact) mass is 844 g/mol. The summed E-state index contributed by atoms with van der Waals surface area (Å²) in [5.41, 5.74) is 4.87. The number of rotatable bonds is 20. The molecule has 3 saturated heterocycles. The Kier molecular flexibility index (Phi) is 16.1. The zero-order valence-electron chi connectivity index (χ0n) is 35.0. The Hall–Kier alpha value is -4.60. The summed E-state index contributed by atoms with van der Waals surface area (Å²) in [5, 5.41) is 0. The van der Waals surface area contributed by atoms with E-state index in [-0.39, 0.29) is 33.0 Å². The van der Waals surface area contributed by atoms with Gasteiger partial charge in [-0.2, -0.15) is 0 Å². The maximum atomic E-state index is 7.24. The first-order valence-electron chi connectivity index (χ1n) is 21.3. The van der Waals surface area contributed by atoms with Crippen molar-refractivity contribution >= 4 is 0 Å². The lowest BCUT2D eigenvalue weighted by atomic mass is 9.95. The van der Waals surface area contributed by atoms with Gasteiger partial charge in [-0.1, -0.05) is 158 Å². The summed E-state index contributed by atoms with van der Waals surface area (Å²) in [6.07, 6.45) is -6.40. The van der Waals surface area contributed by atoms with E-state index in [0.717, 1.165) is 27.8 Å². The topological polar surface area (TPSA) is 102 Å². The molecule has 0 unspecified atom stereocenters. The molecule has 0 radical (unpaired) electrons. The van der Waals surface area contributed by atoms with Crippen molar-refractivity contribution in [2.75, 3.05) is 26.9 Å². The van der Waals surface area contributed by atoms with Crippen molar-refractivity contribution in [1.29, 1.82) is 0 Å². The number of methoxy groups -OCH3 is 1. The fraction of sp³-hybridized carbons (Fsp3) is 0.373. The molecule has 3 fully saturated rings. The van der Waals surface area contributed by atoms with Gasteiger partial charge in [-0.15, -0.1) is 6.58 Å². The summed E-state index contributed by atoms with van der Waals surface area (Å²) in [4.78, 5) is 0. The molecule has 8 rings (SSSR count). The molecule has 0 saturated carbocycles. The zero-order chi connectivity index (χ0) is 42.4. The van der Waals surface area contributed by atoms with Gasteiger partial charge in [0, 0.05) is 12.7 Å². The molecule has 326 valence electrons. The van der Waals surface area contributed by atoms with Crippen LogP contribution in [0.4, 0.5) is 0 Å². The van der Waals surface area contributed by atoms with Crippen molar-refractivity contribution in [3.63, 3.8) is 0 Å². The maximum Gasteiger partial charge on any atom is 0.187 e. The van der Waals surface area contributed by atoms with E-state index in [0.29, 0.717) is 13.2 Å². The van der Waals surface area contributed by atoms with Crippen LogP contribution in [0.5, 0.6) is 0 Å². The molecule has 3 aliphatic rings. The van der Waals surface area contributed by atoms with Crippen molar-refractivity contribution in [1.82, 2.24) is 0 Å². The van der Waals surface area contributed by atoms with Gasteiger partial charge < -0.3 is 52.1 Å². The smallest absolute Gasteiger partial charge is 0.187 e. The van der Waals surface area contributed by atoms with Crippen molar-refractivity contribution in [3.05, 3.63) is 192 Å². The van der Waals surface area contributed by atoms with Gasteiger partial charge in [0.05, 0.1) is 46.2 Å². The lowest BCUT2D eigenvalue weighted by Gasteiger charge is -2.51. The lowest BCUT2D eigenvalue weighted by molar-refractivity contribution is -0.395. The largest absolute Gasteiger partial charge is 0.374 e. The minimum absolute atomic E-state index is 0.145. The van der Waals surface area contributed by atoms with Crippen LogP contribution >= 0.6 is 0 Å². The van der Waals surface area contributed by atoms with E-state index < -0.39 is 67.7 Å². The van der Waals surface area contributed by atoms with Crippen LogP contribution in [0, 0.1) is 0 Å². The predicted molar refractivity (Wildman–Crippen MR) is 230 cm³/mol. The highest BCUT2D eigenvalue weighted by Gasteiger charge is 2.55. The Labute approximate surface area is 364 Å². The molecule has 11 atom stereocenters. The molecule has 0 aromatic heterocycles. The highest BCUT2D eigenvalue weighted by Crippen LogP contribution is 2.39. The van der Waals surface area contributed by atoms with Gasteiger partial charge in [0.25, 0.3) is 0 Å². The van der Waals surface area contributed by atoms with Crippen molar-refractivity contribution in [2.45, 2.75) is 94.1 Å². The molecule has 0 N–H and O–H groups in total. The van der Waals surface area contributed by atoms with Gasteiger partial charge >= 0.3 is 0 Å². The second kappa shape index (κ2) is 22.7. The Balaban J connectivity index is 1.13.